The molecule has 0 aromatic heterocycles. The van der Waals surface area contributed by atoms with Gasteiger partial charge in [0.25, 0.3) is 0 Å². The molecule has 3 N–H and O–H groups in total. The minimum absolute atomic E-state index is 0.110. The van der Waals surface area contributed by atoms with Crippen LogP contribution < -0.4 is 14.8 Å². The third-order valence-electron chi connectivity index (χ3n) is 3.98. The number of carbonyl (C=O) groups is 2. The molecular formula is C21H18N2O6S. The summed E-state index contributed by atoms with van der Waals surface area (Å²) in [7, 11) is -4.21. The summed E-state index contributed by atoms with van der Waals surface area (Å²) in [6.45, 7) is 1.88. The summed E-state index contributed by atoms with van der Waals surface area (Å²) in [6.07, 6.45) is 0. The van der Waals surface area contributed by atoms with E-state index < -0.39 is 27.7 Å². The van der Waals surface area contributed by atoms with Crippen LogP contribution in [-0.4, -0.2) is 25.5 Å². The lowest BCUT2D eigenvalue weighted by Crippen LogP contribution is -2.20. The highest BCUT2D eigenvalue weighted by molar-refractivity contribution is 7.87. The van der Waals surface area contributed by atoms with Gasteiger partial charge in [-0.25, -0.2) is 9.59 Å². The lowest BCUT2D eigenvalue weighted by Gasteiger charge is -2.12. The van der Waals surface area contributed by atoms with E-state index in [1.807, 2.05) is 13.0 Å². The molecule has 8 nitrogen and oxygen atoms in total. The number of urea groups is 1. The summed E-state index contributed by atoms with van der Waals surface area (Å²) in [4.78, 5) is 23.7. The zero-order valence-corrected chi connectivity index (χ0v) is 16.6. The number of rotatable bonds is 6. The standard InChI is InChI=1S/C21H18N2O6S/c1-14-6-5-7-15(12-14)22-21(26)23-16-10-11-19(18(13-16)20(24)25)29-30(27,28)17-8-3-2-4-9-17/h2-13H,1H3,(H,24,25)(H2,22,23,26). The maximum Gasteiger partial charge on any atom is 0.339 e. The van der Waals surface area contributed by atoms with E-state index in [2.05, 4.69) is 10.6 Å². The molecule has 30 heavy (non-hydrogen) atoms. The van der Waals surface area contributed by atoms with Gasteiger partial charge in [-0.2, -0.15) is 8.42 Å². The predicted molar refractivity (Wildman–Crippen MR) is 111 cm³/mol. The average Bonchev–Trinajstić information content (AvgIpc) is 2.69. The largest absolute Gasteiger partial charge is 0.478 e. The Labute approximate surface area is 173 Å². The van der Waals surface area contributed by atoms with E-state index in [1.54, 1.807) is 24.3 Å². The molecular weight excluding hydrogens is 408 g/mol. The van der Waals surface area contributed by atoms with Crippen molar-refractivity contribution in [3.05, 3.63) is 83.9 Å². The first kappa shape index (κ1) is 20.9. The van der Waals surface area contributed by atoms with Crippen LogP contribution in [0.4, 0.5) is 16.2 Å². The van der Waals surface area contributed by atoms with Gasteiger partial charge in [0.1, 0.15) is 10.5 Å². The third-order valence-corrected chi connectivity index (χ3v) is 5.22. The Morgan fingerprint density at radius 3 is 2.17 bits per heavy atom. The Balaban J connectivity index is 1.80. The van der Waals surface area contributed by atoms with Crippen molar-refractivity contribution >= 4 is 33.5 Å². The van der Waals surface area contributed by atoms with E-state index in [9.17, 15) is 23.1 Å². The first-order chi connectivity index (χ1) is 14.2. The molecule has 0 atom stereocenters. The van der Waals surface area contributed by atoms with E-state index in [-0.39, 0.29) is 16.3 Å². The molecule has 0 unspecified atom stereocenters. The van der Waals surface area contributed by atoms with Crippen LogP contribution in [0.15, 0.2) is 77.7 Å². The quantitative estimate of drug-likeness (QED) is 0.510. The van der Waals surface area contributed by atoms with Crippen LogP contribution >= 0.6 is 0 Å². The van der Waals surface area contributed by atoms with Crippen molar-refractivity contribution < 1.29 is 27.3 Å². The van der Waals surface area contributed by atoms with E-state index >= 15 is 0 Å². The van der Waals surface area contributed by atoms with Gasteiger partial charge in [-0.3, -0.25) is 0 Å². The molecule has 3 aromatic carbocycles. The van der Waals surface area contributed by atoms with E-state index in [0.717, 1.165) is 11.6 Å². The van der Waals surface area contributed by atoms with Gasteiger partial charge in [-0.15, -0.1) is 0 Å². The number of benzene rings is 3. The summed E-state index contributed by atoms with van der Waals surface area (Å²) in [5.41, 5.74) is 1.27. The van der Waals surface area contributed by atoms with Crippen molar-refractivity contribution in [2.45, 2.75) is 11.8 Å². The second-order valence-corrected chi connectivity index (χ2v) is 7.86. The highest BCUT2D eigenvalue weighted by atomic mass is 32.2. The van der Waals surface area contributed by atoms with Crippen LogP contribution in [0.25, 0.3) is 0 Å². The second-order valence-electron chi connectivity index (χ2n) is 6.32. The summed E-state index contributed by atoms with van der Waals surface area (Å²) < 4.78 is 29.8. The molecule has 0 spiro atoms. The number of nitrogens with one attached hydrogen (secondary N) is 2. The van der Waals surface area contributed by atoms with Gasteiger partial charge in [-0.05, 0) is 55.0 Å². The Kier molecular flexibility index (Phi) is 6.03. The molecule has 0 saturated heterocycles. The molecule has 0 aliphatic rings. The Morgan fingerprint density at radius 1 is 0.867 bits per heavy atom. The van der Waals surface area contributed by atoms with Gasteiger partial charge >= 0.3 is 22.1 Å². The fourth-order valence-electron chi connectivity index (χ4n) is 2.62. The van der Waals surface area contributed by atoms with E-state index in [0.29, 0.717) is 5.69 Å². The van der Waals surface area contributed by atoms with Gasteiger partial charge in [0.2, 0.25) is 0 Å². The zero-order chi connectivity index (χ0) is 21.7. The Hall–Kier alpha value is -3.85. The zero-order valence-electron chi connectivity index (χ0n) is 15.8. The van der Waals surface area contributed by atoms with E-state index in [1.165, 1.54) is 36.4 Å². The van der Waals surface area contributed by atoms with Crippen molar-refractivity contribution in [3.63, 3.8) is 0 Å². The van der Waals surface area contributed by atoms with Crippen molar-refractivity contribution in [2.24, 2.45) is 0 Å². The van der Waals surface area contributed by atoms with Crippen molar-refractivity contribution in [2.75, 3.05) is 10.6 Å². The fourth-order valence-corrected chi connectivity index (χ4v) is 3.59. The lowest BCUT2D eigenvalue weighted by atomic mass is 10.2. The molecule has 0 bridgehead atoms. The normalized spacial score (nSPS) is 10.8. The van der Waals surface area contributed by atoms with Gasteiger partial charge in [0.05, 0.1) is 0 Å². The van der Waals surface area contributed by atoms with Crippen molar-refractivity contribution in [1.29, 1.82) is 0 Å². The molecule has 0 aliphatic carbocycles. The number of anilines is 2. The minimum Gasteiger partial charge on any atom is -0.478 e. The molecule has 0 heterocycles. The van der Waals surface area contributed by atoms with Crippen LogP contribution in [0.5, 0.6) is 5.75 Å². The highest BCUT2D eigenvalue weighted by Crippen LogP contribution is 2.26. The van der Waals surface area contributed by atoms with Crippen LogP contribution in [0.3, 0.4) is 0 Å². The van der Waals surface area contributed by atoms with Crippen LogP contribution in [0.1, 0.15) is 15.9 Å². The minimum atomic E-state index is -4.21. The van der Waals surface area contributed by atoms with Gasteiger partial charge < -0.3 is 19.9 Å². The first-order valence-corrected chi connectivity index (χ1v) is 10.2. The number of hydrogen-bond donors (Lipinski definition) is 3. The summed E-state index contributed by atoms with van der Waals surface area (Å²) in [5.74, 6) is -1.77. The van der Waals surface area contributed by atoms with Gasteiger partial charge in [0.15, 0.2) is 5.75 Å². The molecule has 0 aliphatic heterocycles. The summed E-state index contributed by atoms with van der Waals surface area (Å²) in [6, 6.07) is 17.6. The fraction of sp³-hybridized carbons (Fsp3) is 0.0476. The molecule has 0 fully saturated rings. The highest BCUT2D eigenvalue weighted by Gasteiger charge is 2.21. The topological polar surface area (TPSA) is 122 Å². The number of carboxylic acid groups (broad SMARTS) is 1. The maximum atomic E-state index is 12.4. The van der Waals surface area contributed by atoms with Crippen LogP contribution in [0, 0.1) is 6.92 Å². The number of carboxylic acids is 1. The number of amides is 2. The second kappa shape index (κ2) is 8.66. The smallest absolute Gasteiger partial charge is 0.339 e. The first-order valence-electron chi connectivity index (χ1n) is 8.76. The van der Waals surface area contributed by atoms with Crippen molar-refractivity contribution in [3.8, 4) is 5.75 Å². The molecule has 154 valence electrons. The number of carbonyl (C=O) groups excluding carboxylic acids is 1. The molecule has 3 rings (SSSR count). The average molecular weight is 426 g/mol. The molecule has 9 heteroatoms. The van der Waals surface area contributed by atoms with Crippen molar-refractivity contribution in [1.82, 2.24) is 0 Å². The summed E-state index contributed by atoms with van der Waals surface area (Å²) >= 11 is 0. The number of aryl methyl sites for hydroxylation is 1. The molecule has 2 amide bonds. The lowest BCUT2D eigenvalue weighted by molar-refractivity contribution is 0.0695. The monoisotopic (exact) mass is 426 g/mol. The Bertz CT molecular complexity index is 1190. The molecule has 0 radical (unpaired) electrons. The molecule has 0 saturated carbocycles. The van der Waals surface area contributed by atoms with E-state index in [4.69, 9.17) is 4.18 Å². The predicted octanol–water partition coefficient (Wildman–Crippen LogP) is 4.10. The van der Waals surface area contributed by atoms with Gasteiger partial charge in [0, 0.05) is 11.4 Å². The number of aromatic carboxylic acids is 1. The number of hydrogen-bond acceptors (Lipinski definition) is 5. The van der Waals surface area contributed by atoms with Crippen LogP contribution in [-0.2, 0) is 10.1 Å². The maximum absolute atomic E-state index is 12.4. The van der Waals surface area contributed by atoms with Gasteiger partial charge in [-0.1, -0.05) is 30.3 Å². The Morgan fingerprint density at radius 2 is 1.53 bits per heavy atom. The third kappa shape index (κ3) is 5.15. The SMILES string of the molecule is Cc1cccc(NC(=O)Nc2ccc(OS(=O)(=O)c3ccccc3)c(C(=O)O)c2)c1. The summed E-state index contributed by atoms with van der Waals surface area (Å²) in [5, 5.41) is 14.6. The van der Waals surface area contributed by atoms with Crippen LogP contribution in [0.2, 0.25) is 0 Å². The molecule has 3 aromatic rings.